The molecular weight excluding hydrogens is 382 g/mol. The van der Waals surface area contributed by atoms with Crippen LogP contribution < -0.4 is 20.9 Å². The minimum Gasteiger partial charge on any atom is -0.497 e. The monoisotopic (exact) mass is 401 g/mol. The Morgan fingerprint density at radius 1 is 1.26 bits per heavy atom. The molecule has 0 radical (unpaired) electrons. The van der Waals surface area contributed by atoms with E-state index < -0.39 is 0 Å². The second-order valence-corrected chi connectivity index (χ2v) is 6.94. The number of aromatic amines is 1. The SMILES string of the molecule is COc1ccc2cc(CCNC(=S)Nc3cccc(Cl)c3C)c(=O)[nH]c2c1. The number of methoxy groups -OCH3 is 1. The highest BCUT2D eigenvalue weighted by Crippen LogP contribution is 2.22. The normalized spacial score (nSPS) is 10.6. The number of rotatable bonds is 5. The zero-order valence-corrected chi connectivity index (χ0v) is 16.6. The maximum absolute atomic E-state index is 12.3. The molecule has 0 unspecified atom stereocenters. The Kier molecular flexibility index (Phi) is 5.98. The number of fused-ring (bicyclic) bond motifs is 1. The van der Waals surface area contributed by atoms with Gasteiger partial charge in [-0.1, -0.05) is 17.7 Å². The fraction of sp³-hybridized carbons (Fsp3) is 0.200. The van der Waals surface area contributed by atoms with Gasteiger partial charge in [0.15, 0.2) is 5.11 Å². The molecule has 0 fully saturated rings. The van der Waals surface area contributed by atoms with Gasteiger partial charge in [0, 0.05) is 28.9 Å². The first-order valence-corrected chi connectivity index (χ1v) is 9.26. The van der Waals surface area contributed by atoms with Crippen molar-refractivity contribution in [3.05, 3.63) is 69.0 Å². The highest BCUT2D eigenvalue weighted by atomic mass is 35.5. The third-order valence-corrected chi connectivity index (χ3v) is 4.98. The molecule has 1 heterocycles. The van der Waals surface area contributed by atoms with E-state index in [-0.39, 0.29) is 5.56 Å². The molecule has 3 rings (SSSR count). The van der Waals surface area contributed by atoms with Crippen molar-refractivity contribution in [2.24, 2.45) is 0 Å². The molecule has 5 nitrogen and oxygen atoms in total. The number of benzene rings is 2. The molecule has 1 aromatic heterocycles. The van der Waals surface area contributed by atoms with Crippen molar-refractivity contribution in [3.63, 3.8) is 0 Å². The van der Waals surface area contributed by atoms with Crippen LogP contribution in [0.4, 0.5) is 5.69 Å². The van der Waals surface area contributed by atoms with Crippen molar-refractivity contribution in [2.75, 3.05) is 19.0 Å². The van der Waals surface area contributed by atoms with Crippen molar-refractivity contribution in [3.8, 4) is 5.75 Å². The third-order valence-electron chi connectivity index (χ3n) is 4.33. The zero-order valence-electron chi connectivity index (χ0n) is 15.1. The summed E-state index contributed by atoms with van der Waals surface area (Å²) >= 11 is 11.4. The van der Waals surface area contributed by atoms with E-state index in [9.17, 15) is 4.79 Å². The van der Waals surface area contributed by atoms with Crippen LogP contribution in [0, 0.1) is 6.92 Å². The van der Waals surface area contributed by atoms with Crippen LogP contribution in [0.2, 0.25) is 5.02 Å². The van der Waals surface area contributed by atoms with Crippen molar-refractivity contribution in [2.45, 2.75) is 13.3 Å². The molecule has 0 saturated carbocycles. The summed E-state index contributed by atoms with van der Waals surface area (Å²) in [7, 11) is 1.60. The lowest BCUT2D eigenvalue weighted by molar-refractivity contribution is 0.415. The summed E-state index contributed by atoms with van der Waals surface area (Å²) in [6.07, 6.45) is 0.549. The van der Waals surface area contributed by atoms with Crippen LogP contribution in [0.1, 0.15) is 11.1 Å². The molecule has 0 spiro atoms. The van der Waals surface area contributed by atoms with E-state index in [4.69, 9.17) is 28.6 Å². The number of ether oxygens (including phenoxy) is 1. The standard InChI is InChI=1S/C20H20ClN3O2S/c1-12-16(21)4-3-5-17(12)24-20(27)22-9-8-14-10-13-6-7-15(26-2)11-18(13)23-19(14)25/h3-7,10-11H,8-9H2,1-2H3,(H,23,25)(H2,22,24,27). The second-order valence-electron chi connectivity index (χ2n) is 6.12. The molecule has 0 aliphatic heterocycles. The lowest BCUT2D eigenvalue weighted by Crippen LogP contribution is -2.31. The molecule has 0 aliphatic carbocycles. The number of hydrogen-bond acceptors (Lipinski definition) is 3. The van der Waals surface area contributed by atoms with Crippen molar-refractivity contribution in [1.29, 1.82) is 0 Å². The summed E-state index contributed by atoms with van der Waals surface area (Å²) in [4.78, 5) is 15.2. The number of H-pyrrole nitrogens is 1. The predicted octanol–water partition coefficient (Wildman–Crippen LogP) is 4.03. The first kappa shape index (κ1) is 19.2. The Morgan fingerprint density at radius 3 is 2.85 bits per heavy atom. The minimum absolute atomic E-state index is 0.109. The van der Waals surface area contributed by atoms with Crippen LogP contribution in [0.3, 0.4) is 0 Å². The largest absolute Gasteiger partial charge is 0.497 e. The van der Waals surface area contributed by atoms with Gasteiger partial charge >= 0.3 is 0 Å². The lowest BCUT2D eigenvalue weighted by Gasteiger charge is -2.13. The highest BCUT2D eigenvalue weighted by Gasteiger charge is 2.06. The average molecular weight is 402 g/mol. The van der Waals surface area contributed by atoms with E-state index in [0.717, 1.165) is 22.2 Å². The predicted molar refractivity (Wildman–Crippen MR) is 115 cm³/mol. The number of pyridine rings is 1. The Bertz CT molecular complexity index is 1050. The maximum atomic E-state index is 12.3. The Labute approximate surface area is 167 Å². The molecule has 0 bridgehead atoms. The Balaban J connectivity index is 1.63. The topological polar surface area (TPSA) is 66.2 Å². The van der Waals surface area contributed by atoms with E-state index in [1.165, 1.54) is 0 Å². The molecule has 0 aliphatic rings. The van der Waals surface area contributed by atoms with E-state index >= 15 is 0 Å². The number of hydrogen-bond donors (Lipinski definition) is 3. The number of thiocarbonyl (C=S) groups is 1. The summed E-state index contributed by atoms with van der Waals surface area (Å²) < 4.78 is 5.19. The van der Waals surface area contributed by atoms with Gasteiger partial charge < -0.3 is 20.4 Å². The molecule has 3 N–H and O–H groups in total. The number of anilines is 1. The van der Waals surface area contributed by atoms with Gasteiger partial charge in [0.1, 0.15) is 5.75 Å². The van der Waals surface area contributed by atoms with Crippen molar-refractivity contribution < 1.29 is 4.74 Å². The summed E-state index contributed by atoms with van der Waals surface area (Å²) in [5.74, 6) is 0.709. The van der Waals surface area contributed by atoms with Crippen LogP contribution in [0.15, 0.2) is 47.3 Å². The van der Waals surface area contributed by atoms with E-state index in [1.54, 1.807) is 7.11 Å². The van der Waals surface area contributed by atoms with Gasteiger partial charge in [0.05, 0.1) is 12.6 Å². The fourth-order valence-corrected chi connectivity index (χ4v) is 3.14. The minimum atomic E-state index is -0.109. The molecule has 3 aromatic rings. The first-order chi connectivity index (χ1) is 13.0. The van der Waals surface area contributed by atoms with Gasteiger partial charge in [-0.05, 0) is 66.8 Å². The zero-order chi connectivity index (χ0) is 19.4. The van der Waals surface area contributed by atoms with Crippen molar-refractivity contribution >= 4 is 45.5 Å². The summed E-state index contributed by atoms with van der Waals surface area (Å²) in [6.45, 7) is 2.47. The van der Waals surface area contributed by atoms with E-state index in [1.807, 2.05) is 49.4 Å². The van der Waals surface area contributed by atoms with Crippen LogP contribution in [-0.2, 0) is 6.42 Å². The molecular formula is C20H20ClN3O2S. The summed E-state index contributed by atoms with van der Waals surface area (Å²) in [5, 5.41) is 8.38. The third kappa shape index (κ3) is 4.59. The van der Waals surface area contributed by atoms with Gasteiger partial charge in [-0.2, -0.15) is 0 Å². The smallest absolute Gasteiger partial charge is 0.251 e. The lowest BCUT2D eigenvalue weighted by atomic mass is 10.1. The van der Waals surface area contributed by atoms with Crippen LogP contribution in [0.25, 0.3) is 10.9 Å². The number of nitrogens with one attached hydrogen (secondary N) is 3. The molecule has 0 saturated heterocycles. The highest BCUT2D eigenvalue weighted by molar-refractivity contribution is 7.80. The Hall–Kier alpha value is -2.57. The Morgan fingerprint density at radius 2 is 2.07 bits per heavy atom. The summed E-state index contributed by atoms with van der Waals surface area (Å²) in [6, 6.07) is 13.1. The molecule has 140 valence electrons. The molecule has 27 heavy (non-hydrogen) atoms. The fourth-order valence-electron chi connectivity index (χ4n) is 2.76. The maximum Gasteiger partial charge on any atom is 0.251 e. The van der Waals surface area contributed by atoms with Gasteiger partial charge in [-0.25, -0.2) is 0 Å². The van der Waals surface area contributed by atoms with Gasteiger partial charge in [0.25, 0.3) is 5.56 Å². The second kappa shape index (κ2) is 8.41. The molecule has 0 atom stereocenters. The van der Waals surface area contributed by atoms with E-state index in [2.05, 4.69) is 15.6 Å². The van der Waals surface area contributed by atoms with Gasteiger partial charge in [-0.3, -0.25) is 4.79 Å². The average Bonchev–Trinajstić information content (AvgIpc) is 2.65. The quantitative estimate of drug-likeness (QED) is 0.563. The van der Waals surface area contributed by atoms with E-state index in [0.29, 0.717) is 34.4 Å². The van der Waals surface area contributed by atoms with Gasteiger partial charge in [-0.15, -0.1) is 0 Å². The molecule has 2 aromatic carbocycles. The van der Waals surface area contributed by atoms with Crippen LogP contribution >= 0.6 is 23.8 Å². The van der Waals surface area contributed by atoms with Crippen LogP contribution in [-0.4, -0.2) is 23.8 Å². The number of aromatic nitrogens is 1. The molecule has 0 amide bonds. The van der Waals surface area contributed by atoms with Crippen molar-refractivity contribution in [1.82, 2.24) is 10.3 Å². The summed E-state index contributed by atoms with van der Waals surface area (Å²) in [5.41, 5.74) is 3.14. The molecule has 7 heteroatoms. The first-order valence-electron chi connectivity index (χ1n) is 8.48. The van der Waals surface area contributed by atoms with Gasteiger partial charge in [0.2, 0.25) is 0 Å². The number of halogens is 1. The van der Waals surface area contributed by atoms with Crippen LogP contribution in [0.5, 0.6) is 5.75 Å².